The van der Waals surface area contributed by atoms with Crippen LogP contribution in [0.3, 0.4) is 0 Å². The number of carbonyl (C=O) groups is 1. The predicted octanol–water partition coefficient (Wildman–Crippen LogP) is 0.645. The molecule has 2 heterocycles. The first-order valence-corrected chi connectivity index (χ1v) is 6.47. The van der Waals surface area contributed by atoms with Crippen molar-refractivity contribution in [2.75, 3.05) is 38.2 Å². The van der Waals surface area contributed by atoms with Gasteiger partial charge in [-0.1, -0.05) is 15.9 Å². The highest BCUT2D eigenvalue weighted by Gasteiger charge is 2.31. The summed E-state index contributed by atoms with van der Waals surface area (Å²) in [5.74, 6) is 0.320. The number of hydrogen-bond acceptors (Lipinski definition) is 3. The molecule has 5 heteroatoms. The standard InChI is InChI=1S/C10H16BrNO3/c11-5-9-6-12(2-4-15-9)10(13)8-1-3-14-7-8/h8-9H,1-7H2. The van der Waals surface area contributed by atoms with Gasteiger partial charge in [0, 0.05) is 25.0 Å². The molecule has 2 fully saturated rings. The molecule has 0 aliphatic carbocycles. The van der Waals surface area contributed by atoms with Crippen molar-refractivity contribution in [3.05, 3.63) is 0 Å². The molecule has 0 N–H and O–H groups in total. The highest BCUT2D eigenvalue weighted by atomic mass is 79.9. The van der Waals surface area contributed by atoms with Crippen molar-refractivity contribution >= 4 is 21.8 Å². The largest absolute Gasteiger partial charge is 0.381 e. The predicted molar refractivity (Wildman–Crippen MR) is 59.0 cm³/mol. The SMILES string of the molecule is O=C(C1CCOC1)N1CCOC(CBr)C1. The van der Waals surface area contributed by atoms with E-state index in [-0.39, 0.29) is 17.9 Å². The summed E-state index contributed by atoms with van der Waals surface area (Å²) in [4.78, 5) is 13.9. The molecule has 0 saturated carbocycles. The smallest absolute Gasteiger partial charge is 0.228 e. The van der Waals surface area contributed by atoms with Crippen LogP contribution in [-0.2, 0) is 14.3 Å². The Morgan fingerprint density at radius 1 is 1.47 bits per heavy atom. The lowest BCUT2D eigenvalue weighted by molar-refractivity contribution is -0.142. The van der Waals surface area contributed by atoms with E-state index in [9.17, 15) is 4.79 Å². The Hall–Kier alpha value is -0.130. The van der Waals surface area contributed by atoms with Gasteiger partial charge in [-0.15, -0.1) is 0 Å². The number of alkyl halides is 1. The van der Waals surface area contributed by atoms with E-state index in [2.05, 4.69) is 15.9 Å². The molecule has 0 aromatic rings. The molecule has 0 bridgehead atoms. The van der Waals surface area contributed by atoms with Crippen LogP contribution >= 0.6 is 15.9 Å². The Balaban J connectivity index is 1.88. The molecule has 2 rings (SSSR count). The second-order valence-electron chi connectivity index (χ2n) is 3.99. The monoisotopic (exact) mass is 277 g/mol. The molecule has 4 nitrogen and oxygen atoms in total. The van der Waals surface area contributed by atoms with Gasteiger partial charge < -0.3 is 14.4 Å². The Morgan fingerprint density at radius 2 is 2.33 bits per heavy atom. The maximum Gasteiger partial charge on any atom is 0.228 e. The summed E-state index contributed by atoms with van der Waals surface area (Å²) in [7, 11) is 0. The third kappa shape index (κ3) is 2.71. The van der Waals surface area contributed by atoms with Gasteiger partial charge >= 0.3 is 0 Å². The van der Waals surface area contributed by atoms with E-state index >= 15 is 0 Å². The van der Waals surface area contributed by atoms with E-state index in [0.717, 1.165) is 24.9 Å². The number of morpholine rings is 1. The van der Waals surface area contributed by atoms with Crippen LogP contribution in [0.2, 0.25) is 0 Å². The van der Waals surface area contributed by atoms with Crippen LogP contribution in [-0.4, -0.2) is 55.2 Å². The number of rotatable bonds is 2. The van der Waals surface area contributed by atoms with Gasteiger partial charge in [0.2, 0.25) is 5.91 Å². The number of amides is 1. The minimum Gasteiger partial charge on any atom is -0.381 e. The van der Waals surface area contributed by atoms with Crippen LogP contribution in [0.1, 0.15) is 6.42 Å². The zero-order valence-corrected chi connectivity index (χ0v) is 10.2. The number of nitrogens with zero attached hydrogens (tertiary/aromatic N) is 1. The maximum absolute atomic E-state index is 12.0. The van der Waals surface area contributed by atoms with Gasteiger partial charge in [-0.25, -0.2) is 0 Å². The van der Waals surface area contributed by atoms with Gasteiger partial charge in [0.1, 0.15) is 0 Å². The molecule has 0 radical (unpaired) electrons. The summed E-state index contributed by atoms with van der Waals surface area (Å²) in [6.07, 6.45) is 1.01. The van der Waals surface area contributed by atoms with E-state index in [1.807, 2.05) is 4.90 Å². The number of halogens is 1. The second-order valence-corrected chi connectivity index (χ2v) is 4.64. The lowest BCUT2D eigenvalue weighted by atomic mass is 10.1. The van der Waals surface area contributed by atoms with Gasteiger partial charge in [-0.05, 0) is 6.42 Å². The molecular formula is C10H16BrNO3. The Kier molecular flexibility index (Phi) is 3.99. The fourth-order valence-corrected chi connectivity index (χ4v) is 2.39. The van der Waals surface area contributed by atoms with Gasteiger partial charge in [0.05, 0.1) is 25.2 Å². The number of carbonyl (C=O) groups excluding carboxylic acids is 1. The highest BCUT2D eigenvalue weighted by molar-refractivity contribution is 9.09. The van der Waals surface area contributed by atoms with Crippen LogP contribution in [0.15, 0.2) is 0 Å². The van der Waals surface area contributed by atoms with Crippen LogP contribution < -0.4 is 0 Å². The summed E-state index contributed by atoms with van der Waals surface area (Å²) >= 11 is 3.38. The number of ether oxygens (including phenoxy) is 2. The maximum atomic E-state index is 12.0. The zero-order chi connectivity index (χ0) is 10.7. The highest BCUT2D eigenvalue weighted by Crippen LogP contribution is 2.18. The average Bonchev–Trinajstić information content (AvgIpc) is 2.81. The number of hydrogen-bond donors (Lipinski definition) is 0. The van der Waals surface area contributed by atoms with Crippen molar-refractivity contribution in [3.63, 3.8) is 0 Å². The van der Waals surface area contributed by atoms with Crippen LogP contribution in [0.4, 0.5) is 0 Å². The molecule has 15 heavy (non-hydrogen) atoms. The van der Waals surface area contributed by atoms with Crippen molar-refractivity contribution in [1.29, 1.82) is 0 Å². The minimum absolute atomic E-state index is 0.0825. The molecule has 0 aromatic carbocycles. The Labute approximate surface area is 98.0 Å². The molecule has 0 aromatic heterocycles. The van der Waals surface area contributed by atoms with Crippen LogP contribution in [0.5, 0.6) is 0 Å². The van der Waals surface area contributed by atoms with Gasteiger partial charge in [-0.3, -0.25) is 4.79 Å². The quantitative estimate of drug-likeness (QED) is 0.696. The molecule has 0 spiro atoms. The van der Waals surface area contributed by atoms with Crippen LogP contribution in [0, 0.1) is 5.92 Å². The summed E-state index contributed by atoms with van der Waals surface area (Å²) in [5, 5.41) is 0.790. The van der Waals surface area contributed by atoms with Gasteiger partial charge in [0.25, 0.3) is 0 Å². The molecule has 2 saturated heterocycles. The molecule has 86 valence electrons. The Morgan fingerprint density at radius 3 is 3.00 bits per heavy atom. The van der Waals surface area contributed by atoms with E-state index < -0.39 is 0 Å². The summed E-state index contributed by atoms with van der Waals surface area (Å²) in [5.41, 5.74) is 0. The van der Waals surface area contributed by atoms with Crippen molar-refractivity contribution in [2.24, 2.45) is 5.92 Å². The second kappa shape index (κ2) is 5.27. The van der Waals surface area contributed by atoms with E-state index in [0.29, 0.717) is 19.8 Å². The minimum atomic E-state index is 0.0825. The molecule has 2 aliphatic heterocycles. The third-order valence-electron chi connectivity index (χ3n) is 2.90. The first-order chi connectivity index (χ1) is 7.31. The summed E-state index contributed by atoms with van der Waals surface area (Å²) in [6.45, 7) is 3.40. The van der Waals surface area contributed by atoms with Crippen LogP contribution in [0.25, 0.3) is 0 Å². The lowest BCUT2D eigenvalue weighted by Crippen LogP contribution is -2.48. The van der Waals surface area contributed by atoms with Crippen molar-refractivity contribution in [3.8, 4) is 0 Å². The zero-order valence-electron chi connectivity index (χ0n) is 8.65. The van der Waals surface area contributed by atoms with E-state index in [1.165, 1.54) is 0 Å². The van der Waals surface area contributed by atoms with Gasteiger partial charge in [0.15, 0.2) is 0 Å². The van der Waals surface area contributed by atoms with Gasteiger partial charge in [-0.2, -0.15) is 0 Å². The third-order valence-corrected chi connectivity index (χ3v) is 3.62. The fraction of sp³-hybridized carbons (Fsp3) is 0.900. The van der Waals surface area contributed by atoms with Crippen molar-refractivity contribution in [2.45, 2.75) is 12.5 Å². The average molecular weight is 278 g/mol. The summed E-state index contributed by atoms with van der Waals surface area (Å²) < 4.78 is 10.7. The topological polar surface area (TPSA) is 38.8 Å². The molecule has 1 amide bonds. The van der Waals surface area contributed by atoms with E-state index in [4.69, 9.17) is 9.47 Å². The van der Waals surface area contributed by atoms with E-state index in [1.54, 1.807) is 0 Å². The first kappa shape index (κ1) is 11.4. The normalized spacial score (nSPS) is 31.9. The molecular weight excluding hydrogens is 262 g/mol. The lowest BCUT2D eigenvalue weighted by Gasteiger charge is -2.33. The molecule has 2 aliphatic rings. The summed E-state index contributed by atoms with van der Waals surface area (Å²) in [6, 6.07) is 0. The Bertz CT molecular complexity index is 231. The first-order valence-electron chi connectivity index (χ1n) is 5.35. The fourth-order valence-electron chi connectivity index (χ4n) is 2.00. The molecule has 2 atom stereocenters. The van der Waals surface area contributed by atoms with Crippen molar-refractivity contribution in [1.82, 2.24) is 4.90 Å². The molecule has 2 unspecified atom stereocenters. The van der Waals surface area contributed by atoms with Crippen molar-refractivity contribution < 1.29 is 14.3 Å².